The zero-order valence-corrected chi connectivity index (χ0v) is 11.9. The highest BCUT2D eigenvalue weighted by molar-refractivity contribution is 5.77. The van der Waals surface area contributed by atoms with Crippen LogP contribution < -0.4 is 10.2 Å². The quantitative estimate of drug-likeness (QED) is 0.687. The van der Waals surface area contributed by atoms with Crippen LogP contribution in [0, 0.1) is 10.1 Å². The van der Waals surface area contributed by atoms with Gasteiger partial charge in [0.15, 0.2) is 5.58 Å². The molecule has 0 saturated carbocycles. The zero-order valence-electron chi connectivity index (χ0n) is 11.9. The van der Waals surface area contributed by atoms with Crippen molar-refractivity contribution < 1.29 is 9.34 Å². The van der Waals surface area contributed by atoms with Crippen LogP contribution in [0.3, 0.4) is 0 Å². The minimum absolute atomic E-state index is 0.0156. The second-order valence-corrected chi connectivity index (χ2v) is 5.43. The second-order valence-electron chi connectivity index (χ2n) is 5.43. The number of nitrogens with one attached hydrogen (secondary N) is 1. The van der Waals surface area contributed by atoms with E-state index in [1.807, 2.05) is 11.9 Å². The molecule has 0 bridgehead atoms. The molecule has 1 atom stereocenters. The lowest BCUT2D eigenvalue weighted by molar-refractivity contribution is -0.384. The average molecular weight is 290 g/mol. The van der Waals surface area contributed by atoms with E-state index >= 15 is 0 Å². The molecular weight excluding hydrogens is 272 g/mol. The van der Waals surface area contributed by atoms with Crippen LogP contribution in [0.2, 0.25) is 0 Å². The molecule has 2 heterocycles. The van der Waals surface area contributed by atoms with Crippen LogP contribution in [0.25, 0.3) is 11.1 Å². The second kappa shape index (κ2) is 5.69. The molecule has 1 aliphatic rings. The number of non-ortho nitro benzene ring substituents is 1. The molecule has 1 saturated heterocycles. The van der Waals surface area contributed by atoms with E-state index < -0.39 is 4.92 Å². The van der Waals surface area contributed by atoms with E-state index in [-0.39, 0.29) is 5.69 Å². The predicted molar refractivity (Wildman–Crippen MR) is 79.6 cm³/mol. The Labute approximate surface area is 122 Å². The average Bonchev–Trinajstić information content (AvgIpc) is 2.91. The summed E-state index contributed by atoms with van der Waals surface area (Å²) in [5.74, 6) is 0. The van der Waals surface area contributed by atoms with Crippen LogP contribution in [0.5, 0.6) is 0 Å². The molecule has 1 aromatic heterocycles. The van der Waals surface area contributed by atoms with Crippen molar-refractivity contribution in [3.8, 4) is 0 Å². The Morgan fingerprint density at radius 2 is 2.38 bits per heavy atom. The number of aromatic nitrogens is 1. The Hall–Kier alpha value is -2.15. The molecule has 1 fully saturated rings. The van der Waals surface area contributed by atoms with Gasteiger partial charge in [0.05, 0.1) is 11.0 Å². The molecule has 1 N–H and O–H groups in total. The molecule has 0 aliphatic carbocycles. The molecule has 1 aromatic carbocycles. The van der Waals surface area contributed by atoms with Crippen LogP contribution in [0.4, 0.5) is 11.7 Å². The third-order valence-corrected chi connectivity index (χ3v) is 3.80. The standard InChI is InChI=1S/C14H18N4O3/c1-17(9-10-4-2-3-7-15-10)14-16-12-6-5-11(18(19)20)8-13(12)21-14/h5-6,8,10,15H,2-4,7,9H2,1H3. The van der Waals surface area contributed by atoms with Crippen LogP contribution in [0.1, 0.15) is 19.3 Å². The zero-order chi connectivity index (χ0) is 14.8. The summed E-state index contributed by atoms with van der Waals surface area (Å²) < 4.78 is 5.64. The molecule has 3 rings (SSSR count). The van der Waals surface area contributed by atoms with Crippen LogP contribution in [-0.4, -0.2) is 36.1 Å². The lowest BCUT2D eigenvalue weighted by atomic mass is 10.1. The van der Waals surface area contributed by atoms with Crippen molar-refractivity contribution in [1.29, 1.82) is 0 Å². The van der Waals surface area contributed by atoms with E-state index in [4.69, 9.17) is 4.42 Å². The van der Waals surface area contributed by atoms with Gasteiger partial charge >= 0.3 is 0 Å². The molecule has 0 radical (unpaired) electrons. The van der Waals surface area contributed by atoms with Gasteiger partial charge in [-0.1, -0.05) is 6.42 Å². The van der Waals surface area contributed by atoms with E-state index in [2.05, 4.69) is 10.3 Å². The van der Waals surface area contributed by atoms with Gasteiger partial charge in [-0.15, -0.1) is 0 Å². The maximum Gasteiger partial charge on any atom is 0.298 e. The van der Waals surface area contributed by atoms with E-state index in [1.165, 1.54) is 25.0 Å². The summed E-state index contributed by atoms with van der Waals surface area (Å²) in [6, 6.07) is 5.41. The Morgan fingerprint density at radius 3 is 3.10 bits per heavy atom. The van der Waals surface area contributed by atoms with Crippen LogP contribution in [-0.2, 0) is 0 Å². The maximum atomic E-state index is 10.8. The van der Waals surface area contributed by atoms with Gasteiger partial charge in [-0.25, -0.2) is 0 Å². The summed E-state index contributed by atoms with van der Waals surface area (Å²) in [7, 11) is 1.93. The van der Waals surface area contributed by atoms with Gasteiger partial charge in [0.25, 0.3) is 11.7 Å². The Kier molecular flexibility index (Phi) is 3.74. The van der Waals surface area contributed by atoms with Crippen molar-refractivity contribution in [3.05, 3.63) is 28.3 Å². The van der Waals surface area contributed by atoms with Crippen molar-refractivity contribution in [2.24, 2.45) is 0 Å². The SMILES string of the molecule is CN(CC1CCCCN1)c1nc2ccc([N+](=O)[O-])cc2o1. The Bertz CT molecular complexity index is 649. The number of rotatable bonds is 4. The molecule has 2 aromatic rings. The van der Waals surface area contributed by atoms with Gasteiger partial charge in [0.2, 0.25) is 0 Å². The van der Waals surface area contributed by atoms with Crippen LogP contribution in [0.15, 0.2) is 22.6 Å². The first kappa shape index (κ1) is 13.8. The summed E-state index contributed by atoms with van der Waals surface area (Å²) in [4.78, 5) is 16.7. The van der Waals surface area contributed by atoms with Gasteiger partial charge in [-0.05, 0) is 25.5 Å². The molecule has 112 valence electrons. The number of nitro groups is 1. The first-order chi connectivity index (χ1) is 10.1. The highest BCUT2D eigenvalue weighted by Gasteiger charge is 2.18. The van der Waals surface area contributed by atoms with Gasteiger partial charge < -0.3 is 14.6 Å². The van der Waals surface area contributed by atoms with Crippen molar-refractivity contribution in [2.75, 3.05) is 25.0 Å². The summed E-state index contributed by atoms with van der Waals surface area (Å²) in [5, 5.41) is 14.2. The number of nitro benzene ring substituents is 1. The fourth-order valence-corrected chi connectivity index (χ4v) is 2.67. The number of benzene rings is 1. The largest absolute Gasteiger partial charge is 0.423 e. The normalized spacial score (nSPS) is 18.8. The summed E-state index contributed by atoms with van der Waals surface area (Å²) >= 11 is 0. The Balaban J connectivity index is 1.78. The summed E-state index contributed by atoms with van der Waals surface area (Å²) in [6.45, 7) is 1.87. The highest BCUT2D eigenvalue weighted by Crippen LogP contribution is 2.25. The van der Waals surface area contributed by atoms with Crippen molar-refractivity contribution >= 4 is 22.8 Å². The number of likely N-dealkylation sites (N-methyl/N-ethyl adjacent to an activating group) is 1. The molecule has 21 heavy (non-hydrogen) atoms. The number of nitrogens with zero attached hydrogens (tertiary/aromatic N) is 3. The van der Waals surface area contributed by atoms with Gasteiger partial charge in [0, 0.05) is 25.7 Å². The van der Waals surface area contributed by atoms with E-state index in [1.54, 1.807) is 6.07 Å². The number of piperidine rings is 1. The third-order valence-electron chi connectivity index (χ3n) is 3.80. The molecule has 1 unspecified atom stereocenters. The van der Waals surface area contributed by atoms with Gasteiger partial charge in [0.1, 0.15) is 5.52 Å². The first-order valence-corrected chi connectivity index (χ1v) is 7.13. The predicted octanol–water partition coefficient (Wildman–Crippen LogP) is 2.31. The van der Waals surface area contributed by atoms with E-state index in [9.17, 15) is 10.1 Å². The molecule has 7 heteroatoms. The maximum absolute atomic E-state index is 10.8. The minimum Gasteiger partial charge on any atom is -0.423 e. The molecule has 0 amide bonds. The fourth-order valence-electron chi connectivity index (χ4n) is 2.67. The van der Waals surface area contributed by atoms with Crippen LogP contribution >= 0.6 is 0 Å². The van der Waals surface area contributed by atoms with Crippen molar-refractivity contribution in [3.63, 3.8) is 0 Å². The Morgan fingerprint density at radius 1 is 1.52 bits per heavy atom. The number of hydrogen-bond acceptors (Lipinski definition) is 6. The monoisotopic (exact) mass is 290 g/mol. The number of oxazole rings is 1. The van der Waals surface area contributed by atoms with E-state index in [0.29, 0.717) is 23.2 Å². The summed E-state index contributed by atoms with van der Waals surface area (Å²) in [5.41, 5.74) is 1.10. The van der Waals surface area contributed by atoms with E-state index in [0.717, 1.165) is 19.5 Å². The van der Waals surface area contributed by atoms with Gasteiger partial charge in [-0.2, -0.15) is 4.98 Å². The van der Waals surface area contributed by atoms with Crippen molar-refractivity contribution in [2.45, 2.75) is 25.3 Å². The molecule has 1 aliphatic heterocycles. The lowest BCUT2D eigenvalue weighted by Gasteiger charge is -2.27. The number of hydrogen-bond donors (Lipinski definition) is 1. The summed E-state index contributed by atoms with van der Waals surface area (Å²) in [6.07, 6.45) is 3.62. The highest BCUT2D eigenvalue weighted by atomic mass is 16.6. The molecule has 7 nitrogen and oxygen atoms in total. The lowest BCUT2D eigenvalue weighted by Crippen LogP contribution is -2.42. The first-order valence-electron chi connectivity index (χ1n) is 7.13. The minimum atomic E-state index is -0.433. The number of fused-ring (bicyclic) bond motifs is 1. The molecule has 0 spiro atoms. The molecular formula is C14H18N4O3. The topological polar surface area (TPSA) is 84.4 Å². The van der Waals surface area contributed by atoms with Crippen molar-refractivity contribution in [1.82, 2.24) is 10.3 Å². The fraction of sp³-hybridized carbons (Fsp3) is 0.500. The van der Waals surface area contributed by atoms with Gasteiger partial charge in [-0.3, -0.25) is 10.1 Å². The third kappa shape index (κ3) is 2.97. The smallest absolute Gasteiger partial charge is 0.298 e. The number of anilines is 1.